The second-order valence-electron chi connectivity index (χ2n) is 2.21. The van der Waals surface area contributed by atoms with E-state index in [1.165, 1.54) is 11.1 Å². The Morgan fingerprint density at radius 2 is 1.85 bits per heavy atom. The molecule has 13 heavy (non-hydrogen) atoms. The van der Waals surface area contributed by atoms with Gasteiger partial charge >= 0.3 is 21.7 Å². The Balaban J connectivity index is -0.000000250. The van der Waals surface area contributed by atoms with E-state index in [0.29, 0.717) is 0 Å². The van der Waals surface area contributed by atoms with Crippen LogP contribution in [0.2, 0.25) is 0 Å². The Labute approximate surface area is 112 Å². The molecule has 0 aromatic heterocycles. The van der Waals surface area contributed by atoms with Crippen LogP contribution in [0.4, 0.5) is 0 Å². The Morgan fingerprint density at radius 1 is 1.15 bits per heavy atom. The molecule has 1 aromatic rings. The van der Waals surface area contributed by atoms with Gasteiger partial charge < -0.3 is 37.2 Å². The molecule has 1 aliphatic carbocycles. The van der Waals surface area contributed by atoms with Crippen LogP contribution in [-0.4, -0.2) is 0 Å². The number of rotatable bonds is 0. The van der Waals surface area contributed by atoms with Gasteiger partial charge in [0.25, 0.3) is 0 Å². The van der Waals surface area contributed by atoms with E-state index < -0.39 is 0 Å². The number of allylic oxidation sites excluding steroid dienone is 1. The van der Waals surface area contributed by atoms with E-state index >= 15 is 0 Å². The molecule has 0 saturated carbocycles. The van der Waals surface area contributed by atoms with Crippen molar-refractivity contribution in [2.45, 2.75) is 6.42 Å². The van der Waals surface area contributed by atoms with Gasteiger partial charge in [-0.15, -0.1) is 11.6 Å². The topological polar surface area (TPSA) is 0 Å². The molecule has 0 aliphatic heterocycles. The smallest absolute Gasteiger partial charge is 1.00 e. The molecule has 2 rings (SSSR count). The van der Waals surface area contributed by atoms with E-state index in [2.05, 4.69) is 24.3 Å². The Morgan fingerprint density at radius 3 is 2.46 bits per heavy atom. The molecule has 1 aromatic carbocycles. The first-order chi connectivity index (χ1) is 4.47. The summed E-state index contributed by atoms with van der Waals surface area (Å²) >= 11 is 0. The van der Waals surface area contributed by atoms with Gasteiger partial charge in [-0.1, -0.05) is 6.08 Å². The van der Waals surface area contributed by atoms with E-state index in [0.717, 1.165) is 6.42 Å². The fraction of sp³-hybridized carbons (Fsp3) is 0.111. The molecule has 0 N–H and O–H groups in total. The summed E-state index contributed by atoms with van der Waals surface area (Å²) < 4.78 is 0. The summed E-state index contributed by atoms with van der Waals surface area (Å²) in [6.07, 6.45) is 5.38. The quantitative estimate of drug-likeness (QED) is 0.324. The van der Waals surface area contributed by atoms with E-state index in [1.54, 1.807) is 0 Å². The molecule has 68 valence electrons. The van der Waals surface area contributed by atoms with Crippen molar-refractivity contribution >= 4 is 6.08 Å². The Hall–Kier alpha value is 0.544. The monoisotopic (exact) mass is 268 g/mol. The summed E-state index contributed by atoms with van der Waals surface area (Å²) in [7, 11) is 0. The van der Waals surface area contributed by atoms with E-state index in [4.69, 9.17) is 0 Å². The molecule has 0 spiro atoms. The van der Waals surface area contributed by atoms with Gasteiger partial charge in [0.2, 0.25) is 0 Å². The standard InChI is InChI=1S/C9H7.3ClH.Ti/c1-2-5-9-7-3-6-8(9)4-1;;;;/h1-4,6H,7H2;3*1H;/q-1;;;;+4/p-3. The second kappa shape index (κ2) is 9.11. The first-order valence-corrected chi connectivity index (χ1v) is 3.13. The van der Waals surface area contributed by atoms with Gasteiger partial charge in [0.15, 0.2) is 0 Å². The molecule has 0 heterocycles. The Bertz CT molecular complexity index is 261. The summed E-state index contributed by atoms with van der Waals surface area (Å²) in [4.78, 5) is 0. The molecule has 1 aliphatic rings. The van der Waals surface area contributed by atoms with E-state index in [-0.39, 0.29) is 58.9 Å². The molecule has 0 amide bonds. The molecule has 4 heteroatoms. The zero-order chi connectivity index (χ0) is 6.10. The molecular formula is C9H7Cl3Ti. The van der Waals surface area contributed by atoms with Crippen molar-refractivity contribution in [3.05, 3.63) is 41.5 Å². The van der Waals surface area contributed by atoms with Gasteiger partial charge in [0.05, 0.1) is 0 Å². The van der Waals surface area contributed by atoms with Gasteiger partial charge in [-0.2, -0.15) is 29.8 Å². The van der Waals surface area contributed by atoms with Crippen molar-refractivity contribution in [2.75, 3.05) is 0 Å². The molecule has 0 radical (unpaired) electrons. The molecule has 0 unspecified atom stereocenters. The minimum Gasteiger partial charge on any atom is -1.00 e. The first-order valence-electron chi connectivity index (χ1n) is 3.13. The zero-order valence-corrected chi connectivity index (χ0v) is 10.6. The maximum atomic E-state index is 3.19. The molecule has 0 fully saturated rings. The van der Waals surface area contributed by atoms with Gasteiger partial charge in [0, 0.05) is 0 Å². The van der Waals surface area contributed by atoms with Crippen molar-refractivity contribution in [1.82, 2.24) is 0 Å². The second-order valence-corrected chi connectivity index (χ2v) is 2.21. The minimum absolute atomic E-state index is 0. The maximum absolute atomic E-state index is 3.19. The molecule has 0 saturated heterocycles. The minimum atomic E-state index is 0. The SMILES string of the molecule is [Cl-].[Cl-].[Cl-].[Ti+4].[c-]1cccc2c1CC=C2. The number of hydrogen-bond acceptors (Lipinski definition) is 0. The van der Waals surface area contributed by atoms with Crippen LogP contribution >= 0.6 is 0 Å². The van der Waals surface area contributed by atoms with Crippen molar-refractivity contribution in [3.63, 3.8) is 0 Å². The fourth-order valence-corrected chi connectivity index (χ4v) is 1.12. The van der Waals surface area contributed by atoms with Crippen LogP contribution < -0.4 is 37.2 Å². The van der Waals surface area contributed by atoms with Crippen molar-refractivity contribution in [3.8, 4) is 0 Å². The van der Waals surface area contributed by atoms with Crippen LogP contribution in [0.25, 0.3) is 6.08 Å². The third kappa shape index (κ3) is 4.53. The average molecular weight is 269 g/mol. The largest absolute Gasteiger partial charge is 4.00 e. The average Bonchev–Trinajstić information content (AvgIpc) is 2.33. The number of hydrogen-bond donors (Lipinski definition) is 0. The summed E-state index contributed by atoms with van der Waals surface area (Å²) in [5, 5.41) is 0. The van der Waals surface area contributed by atoms with Crippen molar-refractivity contribution < 1.29 is 58.9 Å². The maximum Gasteiger partial charge on any atom is 4.00 e. The third-order valence-corrected chi connectivity index (χ3v) is 1.60. The van der Waals surface area contributed by atoms with Crippen molar-refractivity contribution in [1.29, 1.82) is 0 Å². The van der Waals surface area contributed by atoms with Crippen LogP contribution in [0.5, 0.6) is 0 Å². The summed E-state index contributed by atoms with van der Waals surface area (Å²) in [5.41, 5.74) is 2.66. The molecular weight excluding hydrogens is 262 g/mol. The summed E-state index contributed by atoms with van der Waals surface area (Å²) in [6, 6.07) is 9.29. The number of halogens is 3. The molecule has 0 bridgehead atoms. The van der Waals surface area contributed by atoms with Crippen LogP contribution in [0, 0.1) is 6.07 Å². The van der Waals surface area contributed by atoms with Gasteiger partial charge in [-0.05, 0) is 6.42 Å². The van der Waals surface area contributed by atoms with Crippen LogP contribution in [0.15, 0.2) is 24.3 Å². The van der Waals surface area contributed by atoms with Gasteiger partial charge in [0.1, 0.15) is 0 Å². The summed E-state index contributed by atoms with van der Waals surface area (Å²) in [5.74, 6) is 0. The number of benzene rings is 1. The predicted octanol–water partition coefficient (Wildman–Crippen LogP) is -6.93. The van der Waals surface area contributed by atoms with Gasteiger partial charge in [-0.3, -0.25) is 0 Å². The van der Waals surface area contributed by atoms with Gasteiger partial charge in [-0.25, -0.2) is 0 Å². The van der Waals surface area contributed by atoms with E-state index in [9.17, 15) is 0 Å². The molecule has 0 atom stereocenters. The third-order valence-electron chi connectivity index (χ3n) is 1.60. The van der Waals surface area contributed by atoms with Crippen LogP contribution in [-0.2, 0) is 28.1 Å². The number of fused-ring (bicyclic) bond motifs is 1. The zero-order valence-electron chi connectivity index (χ0n) is 6.73. The van der Waals surface area contributed by atoms with Crippen LogP contribution in [0.3, 0.4) is 0 Å². The van der Waals surface area contributed by atoms with E-state index in [1.807, 2.05) is 12.1 Å². The molecule has 0 nitrogen and oxygen atoms in total. The predicted molar refractivity (Wildman–Crippen MR) is 38.0 cm³/mol. The normalized spacial score (nSPS) is 9.54. The van der Waals surface area contributed by atoms with Crippen LogP contribution in [0.1, 0.15) is 11.1 Å². The fourth-order valence-electron chi connectivity index (χ4n) is 1.12. The first kappa shape index (κ1) is 19.2. The Kier molecular flexibility index (Phi) is 13.4. The van der Waals surface area contributed by atoms with Crippen molar-refractivity contribution in [2.24, 2.45) is 0 Å². The summed E-state index contributed by atoms with van der Waals surface area (Å²) in [6.45, 7) is 0.